The zero-order chi connectivity index (χ0) is 21.8. The monoisotopic (exact) mass is 417 g/mol. The van der Waals surface area contributed by atoms with E-state index in [1.54, 1.807) is 36.4 Å². The van der Waals surface area contributed by atoms with Crippen LogP contribution >= 0.6 is 0 Å². The SMILES string of the molecule is CC(=O)c1ccc(N2CCN(C(=O)Cn3nc(-c4cccnc4)ccc3=O)CC2)cc1. The second-order valence-electron chi connectivity index (χ2n) is 7.43. The summed E-state index contributed by atoms with van der Waals surface area (Å²) in [5.74, 6) is -0.0945. The zero-order valence-corrected chi connectivity index (χ0v) is 17.3. The minimum Gasteiger partial charge on any atom is -0.368 e. The first-order chi connectivity index (χ1) is 15.0. The molecule has 4 rings (SSSR count). The van der Waals surface area contributed by atoms with Crippen LogP contribution in [0.2, 0.25) is 0 Å². The molecule has 1 amide bonds. The standard InChI is InChI=1S/C23H23N5O3/c1-17(29)18-4-6-20(7-5-18)26-11-13-27(14-12-26)23(31)16-28-22(30)9-8-21(25-28)19-3-2-10-24-15-19/h2-10,15H,11-14,16H2,1H3. The predicted molar refractivity (Wildman–Crippen MR) is 117 cm³/mol. The molecule has 8 nitrogen and oxygen atoms in total. The van der Waals surface area contributed by atoms with Crippen molar-refractivity contribution in [2.24, 2.45) is 0 Å². The molecule has 0 aliphatic carbocycles. The van der Waals surface area contributed by atoms with Crippen LogP contribution in [0.5, 0.6) is 0 Å². The van der Waals surface area contributed by atoms with E-state index < -0.39 is 0 Å². The number of hydrogen-bond donors (Lipinski definition) is 0. The number of amides is 1. The quantitative estimate of drug-likeness (QED) is 0.589. The lowest BCUT2D eigenvalue weighted by molar-refractivity contribution is -0.132. The van der Waals surface area contributed by atoms with Crippen molar-refractivity contribution in [3.05, 3.63) is 76.8 Å². The predicted octanol–water partition coefficient (Wildman–Crippen LogP) is 1.86. The molecule has 31 heavy (non-hydrogen) atoms. The van der Waals surface area contributed by atoms with Crippen LogP contribution in [0, 0.1) is 0 Å². The van der Waals surface area contributed by atoms with E-state index in [9.17, 15) is 14.4 Å². The Morgan fingerprint density at radius 2 is 1.71 bits per heavy atom. The Bertz CT molecular complexity index is 1130. The number of nitrogens with zero attached hydrogens (tertiary/aromatic N) is 5. The molecular weight excluding hydrogens is 394 g/mol. The number of Topliss-reactive ketones (excluding diaryl/α,β-unsaturated/α-hetero) is 1. The number of ketones is 1. The molecule has 1 fully saturated rings. The fourth-order valence-electron chi connectivity index (χ4n) is 3.58. The number of pyridine rings is 1. The Hall–Kier alpha value is -3.81. The van der Waals surface area contributed by atoms with Crippen LogP contribution < -0.4 is 10.5 Å². The minimum absolute atomic E-state index is 0.0402. The van der Waals surface area contributed by atoms with Gasteiger partial charge in [0.05, 0.1) is 5.69 Å². The third kappa shape index (κ3) is 4.69. The van der Waals surface area contributed by atoms with Gasteiger partial charge in [-0.25, -0.2) is 4.68 Å². The topological polar surface area (TPSA) is 88.4 Å². The first-order valence-electron chi connectivity index (χ1n) is 10.1. The molecule has 3 aromatic rings. The Morgan fingerprint density at radius 3 is 2.35 bits per heavy atom. The van der Waals surface area contributed by atoms with Crippen molar-refractivity contribution < 1.29 is 9.59 Å². The smallest absolute Gasteiger partial charge is 0.267 e. The van der Waals surface area contributed by atoms with Crippen molar-refractivity contribution >= 4 is 17.4 Å². The van der Waals surface area contributed by atoms with Gasteiger partial charge in [-0.2, -0.15) is 5.10 Å². The first-order valence-corrected chi connectivity index (χ1v) is 10.1. The molecule has 0 saturated carbocycles. The molecule has 1 aromatic carbocycles. The molecule has 1 aliphatic rings. The summed E-state index contributed by atoms with van der Waals surface area (Å²) in [5, 5.41) is 4.34. The average molecular weight is 417 g/mol. The van der Waals surface area contributed by atoms with Gasteiger partial charge in [0, 0.05) is 61.5 Å². The molecule has 0 spiro atoms. The van der Waals surface area contributed by atoms with Crippen LogP contribution in [0.4, 0.5) is 5.69 Å². The number of rotatable bonds is 5. The van der Waals surface area contributed by atoms with Crippen molar-refractivity contribution in [1.82, 2.24) is 19.7 Å². The highest BCUT2D eigenvalue weighted by molar-refractivity contribution is 5.94. The first kappa shape index (κ1) is 20.5. The molecule has 2 aromatic heterocycles. The van der Waals surface area contributed by atoms with Gasteiger partial charge in [-0.3, -0.25) is 19.4 Å². The summed E-state index contributed by atoms with van der Waals surface area (Å²) in [5.41, 5.74) is 2.78. The molecule has 0 radical (unpaired) electrons. The second kappa shape index (κ2) is 8.91. The summed E-state index contributed by atoms with van der Waals surface area (Å²) >= 11 is 0. The highest BCUT2D eigenvalue weighted by atomic mass is 16.2. The van der Waals surface area contributed by atoms with Crippen LogP contribution in [0.1, 0.15) is 17.3 Å². The van der Waals surface area contributed by atoms with E-state index in [1.807, 2.05) is 30.3 Å². The van der Waals surface area contributed by atoms with Crippen LogP contribution in [0.25, 0.3) is 11.3 Å². The molecule has 0 atom stereocenters. The molecule has 0 bridgehead atoms. The minimum atomic E-state index is -0.315. The van der Waals surface area contributed by atoms with Crippen LogP contribution in [-0.4, -0.2) is 57.5 Å². The number of anilines is 1. The van der Waals surface area contributed by atoms with Crippen molar-refractivity contribution in [2.75, 3.05) is 31.1 Å². The van der Waals surface area contributed by atoms with Gasteiger partial charge in [0.2, 0.25) is 5.91 Å². The van der Waals surface area contributed by atoms with Gasteiger partial charge in [-0.15, -0.1) is 0 Å². The number of benzene rings is 1. The third-order valence-corrected chi connectivity index (χ3v) is 5.38. The molecule has 3 heterocycles. The normalized spacial score (nSPS) is 13.8. The van der Waals surface area contributed by atoms with Gasteiger partial charge in [0.1, 0.15) is 6.54 Å². The van der Waals surface area contributed by atoms with Gasteiger partial charge in [-0.05, 0) is 49.4 Å². The zero-order valence-electron chi connectivity index (χ0n) is 17.3. The highest BCUT2D eigenvalue weighted by Crippen LogP contribution is 2.18. The largest absolute Gasteiger partial charge is 0.368 e. The second-order valence-corrected chi connectivity index (χ2v) is 7.43. The Labute approximate surface area is 179 Å². The van der Waals surface area contributed by atoms with Crippen molar-refractivity contribution in [1.29, 1.82) is 0 Å². The maximum atomic E-state index is 12.8. The molecule has 8 heteroatoms. The number of aromatic nitrogens is 3. The Balaban J connectivity index is 1.39. The third-order valence-electron chi connectivity index (χ3n) is 5.38. The van der Waals surface area contributed by atoms with Gasteiger partial charge in [-0.1, -0.05) is 0 Å². The van der Waals surface area contributed by atoms with Gasteiger partial charge in [0.25, 0.3) is 5.56 Å². The number of hydrogen-bond acceptors (Lipinski definition) is 6. The van der Waals surface area contributed by atoms with E-state index in [-0.39, 0.29) is 23.8 Å². The average Bonchev–Trinajstić information content (AvgIpc) is 2.81. The molecular formula is C23H23N5O3. The fraction of sp³-hybridized carbons (Fsp3) is 0.261. The van der Waals surface area contributed by atoms with E-state index in [4.69, 9.17) is 0 Å². The summed E-state index contributed by atoms with van der Waals surface area (Å²) in [6.07, 6.45) is 3.33. The number of carbonyl (C=O) groups is 2. The van der Waals surface area contributed by atoms with Gasteiger partial charge >= 0.3 is 0 Å². The van der Waals surface area contributed by atoms with E-state index in [2.05, 4.69) is 15.0 Å². The lowest BCUT2D eigenvalue weighted by atomic mass is 10.1. The summed E-state index contributed by atoms with van der Waals surface area (Å²) in [6.45, 7) is 3.94. The van der Waals surface area contributed by atoms with Crippen molar-refractivity contribution in [2.45, 2.75) is 13.5 Å². The molecule has 0 unspecified atom stereocenters. The highest BCUT2D eigenvalue weighted by Gasteiger charge is 2.22. The van der Waals surface area contributed by atoms with Crippen LogP contribution in [-0.2, 0) is 11.3 Å². The summed E-state index contributed by atoms with van der Waals surface area (Å²) in [6, 6.07) is 14.2. The van der Waals surface area contributed by atoms with E-state index in [0.717, 1.165) is 11.3 Å². The maximum absolute atomic E-state index is 12.8. The molecule has 158 valence electrons. The molecule has 0 N–H and O–H groups in total. The summed E-state index contributed by atoms with van der Waals surface area (Å²) in [4.78, 5) is 44.4. The lowest BCUT2D eigenvalue weighted by Gasteiger charge is -2.36. The van der Waals surface area contributed by atoms with Crippen molar-refractivity contribution in [3.8, 4) is 11.3 Å². The maximum Gasteiger partial charge on any atom is 0.267 e. The fourth-order valence-corrected chi connectivity index (χ4v) is 3.58. The number of carbonyl (C=O) groups excluding carboxylic acids is 2. The Morgan fingerprint density at radius 1 is 0.968 bits per heavy atom. The number of piperazine rings is 1. The molecule has 1 aliphatic heterocycles. The summed E-state index contributed by atoms with van der Waals surface area (Å²) < 4.78 is 1.21. The molecule has 1 saturated heterocycles. The van der Waals surface area contributed by atoms with Gasteiger partial charge < -0.3 is 9.80 Å². The van der Waals surface area contributed by atoms with Gasteiger partial charge in [0.15, 0.2) is 5.78 Å². The van der Waals surface area contributed by atoms with E-state index in [1.165, 1.54) is 10.7 Å². The van der Waals surface area contributed by atoms with E-state index >= 15 is 0 Å². The summed E-state index contributed by atoms with van der Waals surface area (Å²) in [7, 11) is 0. The van der Waals surface area contributed by atoms with Crippen molar-refractivity contribution in [3.63, 3.8) is 0 Å². The van der Waals surface area contributed by atoms with Crippen LogP contribution in [0.15, 0.2) is 65.7 Å². The van der Waals surface area contributed by atoms with E-state index in [0.29, 0.717) is 37.4 Å². The van der Waals surface area contributed by atoms with Crippen LogP contribution in [0.3, 0.4) is 0 Å². The lowest BCUT2D eigenvalue weighted by Crippen LogP contribution is -2.50. The Kier molecular flexibility index (Phi) is 5.88.